The van der Waals surface area contributed by atoms with Gasteiger partial charge in [-0.1, -0.05) is 20.8 Å². The van der Waals surface area contributed by atoms with Crippen LogP contribution in [0, 0.1) is 11.3 Å². The number of Topliss-reactive ketones (excluding diaryl/α,β-unsaturated/α-hetero) is 1. The van der Waals surface area contributed by atoms with E-state index in [1.54, 1.807) is 0 Å². The Morgan fingerprint density at radius 1 is 1.55 bits per heavy atom. The van der Waals surface area contributed by atoms with Crippen molar-refractivity contribution in [3.05, 3.63) is 0 Å². The SMILES string of the molecule is C[C@@H]1C(=O)C(C)(C)CC[C@H]1O. The van der Waals surface area contributed by atoms with Gasteiger partial charge in [-0.15, -0.1) is 0 Å². The third-order valence-electron chi connectivity index (χ3n) is 2.72. The molecule has 0 aliphatic heterocycles. The monoisotopic (exact) mass is 156 g/mol. The molecule has 0 bridgehead atoms. The van der Waals surface area contributed by atoms with Gasteiger partial charge in [0, 0.05) is 11.3 Å². The molecule has 1 fully saturated rings. The molecule has 1 N–H and O–H groups in total. The van der Waals surface area contributed by atoms with Crippen LogP contribution in [0.4, 0.5) is 0 Å². The normalized spacial score (nSPS) is 37.3. The number of aliphatic hydroxyl groups excluding tert-OH is 1. The Kier molecular flexibility index (Phi) is 2.06. The number of hydrogen-bond donors (Lipinski definition) is 1. The molecule has 0 aromatic carbocycles. The van der Waals surface area contributed by atoms with Crippen LogP contribution in [0.3, 0.4) is 0 Å². The first kappa shape index (κ1) is 8.72. The van der Waals surface area contributed by atoms with Gasteiger partial charge in [0.05, 0.1) is 6.10 Å². The van der Waals surface area contributed by atoms with Crippen molar-refractivity contribution in [1.29, 1.82) is 0 Å². The Hall–Kier alpha value is -0.370. The summed E-state index contributed by atoms with van der Waals surface area (Å²) in [4.78, 5) is 11.5. The second-order valence-electron chi connectivity index (χ2n) is 4.14. The van der Waals surface area contributed by atoms with Crippen LogP contribution in [0.5, 0.6) is 0 Å². The molecule has 11 heavy (non-hydrogen) atoms. The van der Waals surface area contributed by atoms with Gasteiger partial charge in [0.25, 0.3) is 0 Å². The minimum atomic E-state index is -0.407. The Morgan fingerprint density at radius 3 is 2.55 bits per heavy atom. The van der Waals surface area contributed by atoms with Gasteiger partial charge in [0.1, 0.15) is 5.78 Å². The van der Waals surface area contributed by atoms with Crippen molar-refractivity contribution in [1.82, 2.24) is 0 Å². The average Bonchev–Trinajstić information content (AvgIpc) is 1.95. The zero-order chi connectivity index (χ0) is 8.65. The summed E-state index contributed by atoms with van der Waals surface area (Å²) in [6, 6.07) is 0. The number of hydrogen-bond acceptors (Lipinski definition) is 2. The first-order chi connectivity index (χ1) is 4.95. The summed E-state index contributed by atoms with van der Waals surface area (Å²) in [5.41, 5.74) is -0.210. The molecule has 2 atom stereocenters. The van der Waals surface area contributed by atoms with Gasteiger partial charge in [-0.05, 0) is 12.8 Å². The Bertz CT molecular complexity index is 172. The van der Waals surface area contributed by atoms with Crippen molar-refractivity contribution in [3.8, 4) is 0 Å². The molecule has 2 heteroatoms. The summed E-state index contributed by atoms with van der Waals surface area (Å²) in [7, 11) is 0. The van der Waals surface area contributed by atoms with E-state index in [1.807, 2.05) is 20.8 Å². The lowest BCUT2D eigenvalue weighted by molar-refractivity contribution is -0.139. The molecule has 0 amide bonds. The lowest BCUT2D eigenvalue weighted by Gasteiger charge is -2.35. The highest BCUT2D eigenvalue weighted by atomic mass is 16.3. The third kappa shape index (κ3) is 1.45. The highest BCUT2D eigenvalue weighted by Gasteiger charge is 2.39. The van der Waals surface area contributed by atoms with E-state index in [4.69, 9.17) is 0 Å². The quantitative estimate of drug-likeness (QED) is 0.575. The van der Waals surface area contributed by atoms with Crippen molar-refractivity contribution in [2.75, 3.05) is 0 Å². The maximum Gasteiger partial charge on any atom is 0.143 e. The zero-order valence-electron chi connectivity index (χ0n) is 7.42. The Labute approximate surface area is 67.6 Å². The summed E-state index contributed by atoms with van der Waals surface area (Å²) < 4.78 is 0. The standard InChI is InChI=1S/C9H16O2/c1-6-7(10)4-5-9(2,3)8(6)11/h6-7,10H,4-5H2,1-3H3/t6-,7+/m0/s1. The number of ketones is 1. The van der Waals surface area contributed by atoms with Gasteiger partial charge in [-0.25, -0.2) is 0 Å². The second-order valence-corrected chi connectivity index (χ2v) is 4.14. The molecule has 0 radical (unpaired) electrons. The largest absolute Gasteiger partial charge is 0.392 e. The molecule has 0 unspecified atom stereocenters. The van der Waals surface area contributed by atoms with Gasteiger partial charge in [-0.2, -0.15) is 0 Å². The van der Waals surface area contributed by atoms with Crippen LogP contribution in [-0.4, -0.2) is 17.0 Å². The van der Waals surface area contributed by atoms with Crippen molar-refractivity contribution >= 4 is 5.78 Å². The second kappa shape index (κ2) is 2.59. The molecule has 64 valence electrons. The first-order valence-corrected chi connectivity index (χ1v) is 4.17. The van der Waals surface area contributed by atoms with Crippen LogP contribution in [0.2, 0.25) is 0 Å². The lowest BCUT2D eigenvalue weighted by Crippen LogP contribution is -2.41. The fourth-order valence-electron chi connectivity index (χ4n) is 1.67. The predicted molar refractivity (Wildman–Crippen MR) is 43.2 cm³/mol. The molecule has 1 rings (SSSR count). The van der Waals surface area contributed by atoms with Crippen LogP contribution in [0.1, 0.15) is 33.6 Å². The van der Waals surface area contributed by atoms with Crippen LogP contribution < -0.4 is 0 Å². The van der Waals surface area contributed by atoms with Gasteiger partial charge < -0.3 is 5.11 Å². The average molecular weight is 156 g/mol. The molecule has 2 nitrogen and oxygen atoms in total. The number of carbonyl (C=O) groups is 1. The van der Waals surface area contributed by atoms with Crippen LogP contribution in [0.15, 0.2) is 0 Å². The van der Waals surface area contributed by atoms with E-state index in [2.05, 4.69) is 0 Å². The summed E-state index contributed by atoms with van der Waals surface area (Å²) in [6.07, 6.45) is 1.17. The van der Waals surface area contributed by atoms with Crippen molar-refractivity contribution in [2.24, 2.45) is 11.3 Å². The molecule has 1 saturated carbocycles. The lowest BCUT2D eigenvalue weighted by atomic mass is 9.70. The van der Waals surface area contributed by atoms with Crippen LogP contribution >= 0.6 is 0 Å². The van der Waals surface area contributed by atoms with E-state index in [1.165, 1.54) is 0 Å². The fraction of sp³-hybridized carbons (Fsp3) is 0.889. The van der Waals surface area contributed by atoms with Gasteiger partial charge >= 0.3 is 0 Å². The smallest absolute Gasteiger partial charge is 0.143 e. The number of rotatable bonds is 0. The van der Waals surface area contributed by atoms with Crippen LogP contribution in [-0.2, 0) is 4.79 Å². The van der Waals surface area contributed by atoms with Gasteiger partial charge in [0.2, 0.25) is 0 Å². The topological polar surface area (TPSA) is 37.3 Å². The van der Waals surface area contributed by atoms with E-state index in [0.29, 0.717) is 0 Å². The summed E-state index contributed by atoms with van der Waals surface area (Å²) in [6.45, 7) is 5.73. The van der Waals surface area contributed by atoms with E-state index in [9.17, 15) is 9.90 Å². The molecule has 0 saturated heterocycles. The van der Waals surface area contributed by atoms with Crippen molar-refractivity contribution in [3.63, 3.8) is 0 Å². The highest BCUT2D eigenvalue weighted by molar-refractivity contribution is 5.87. The summed E-state index contributed by atoms with van der Waals surface area (Å²) in [5.74, 6) is 0.0370. The number of carbonyl (C=O) groups excluding carboxylic acids is 1. The molecule has 0 spiro atoms. The number of aliphatic hydroxyl groups is 1. The Morgan fingerprint density at radius 2 is 2.09 bits per heavy atom. The summed E-state index contributed by atoms with van der Waals surface area (Å²) >= 11 is 0. The Balaban J connectivity index is 2.76. The van der Waals surface area contributed by atoms with E-state index < -0.39 is 6.10 Å². The molecular weight excluding hydrogens is 140 g/mol. The maximum absolute atomic E-state index is 11.5. The van der Waals surface area contributed by atoms with Gasteiger partial charge in [0.15, 0.2) is 0 Å². The minimum Gasteiger partial charge on any atom is -0.392 e. The molecule has 0 aromatic rings. The third-order valence-corrected chi connectivity index (χ3v) is 2.72. The predicted octanol–water partition coefficient (Wildman–Crippen LogP) is 1.37. The van der Waals surface area contributed by atoms with E-state index >= 15 is 0 Å². The zero-order valence-corrected chi connectivity index (χ0v) is 7.42. The van der Waals surface area contributed by atoms with Crippen molar-refractivity contribution < 1.29 is 9.90 Å². The van der Waals surface area contributed by atoms with Crippen molar-refractivity contribution in [2.45, 2.75) is 39.7 Å². The molecule has 0 aromatic heterocycles. The highest BCUT2D eigenvalue weighted by Crippen LogP contribution is 2.35. The maximum atomic E-state index is 11.5. The molecule has 0 heterocycles. The molecule has 1 aliphatic carbocycles. The van der Waals surface area contributed by atoms with Crippen LogP contribution in [0.25, 0.3) is 0 Å². The fourth-order valence-corrected chi connectivity index (χ4v) is 1.67. The molecular formula is C9H16O2. The van der Waals surface area contributed by atoms with E-state index in [0.717, 1.165) is 12.8 Å². The molecule has 1 aliphatic rings. The summed E-state index contributed by atoms with van der Waals surface area (Å²) in [5, 5.41) is 9.36. The first-order valence-electron chi connectivity index (χ1n) is 4.17. The minimum absolute atomic E-state index is 0.168. The van der Waals surface area contributed by atoms with Gasteiger partial charge in [-0.3, -0.25) is 4.79 Å². The van der Waals surface area contributed by atoms with E-state index in [-0.39, 0.29) is 17.1 Å².